The number of nitrogens with two attached hydrogens (primary N) is 2. The number of hydrogen-bond acceptors (Lipinski definition) is 8. The van der Waals surface area contributed by atoms with Gasteiger partial charge in [0, 0.05) is 65.4 Å². The van der Waals surface area contributed by atoms with Gasteiger partial charge < -0.3 is 51.2 Å². The summed E-state index contributed by atoms with van der Waals surface area (Å²) in [5.74, 6) is 0. The lowest BCUT2D eigenvalue weighted by Crippen LogP contribution is -2.53. The van der Waals surface area contributed by atoms with Crippen molar-refractivity contribution in [3.05, 3.63) is 0 Å². The Kier molecular flexibility index (Phi) is 17.7. The molecule has 0 radical (unpaired) electrons. The average molecular weight is 653 g/mol. The van der Waals surface area contributed by atoms with E-state index in [0.717, 1.165) is 89.9 Å². The SMILES string of the molecule is NCCCCCCNC(=O)N1CCN(C(=O)OC2CCCC(OC(=O)N3CCN(C(=O)NCCCCCCN)CC3)CCC2)CC1. The Morgan fingerprint density at radius 1 is 0.500 bits per heavy atom. The van der Waals surface area contributed by atoms with Gasteiger partial charge in [0.1, 0.15) is 12.2 Å². The van der Waals surface area contributed by atoms with Crippen LogP contribution in [0.15, 0.2) is 0 Å². The number of carbonyl (C=O) groups excluding carboxylic acids is 4. The molecule has 1 aliphatic carbocycles. The number of carbonyl (C=O) groups is 4. The first-order valence-electron chi connectivity index (χ1n) is 17.8. The molecule has 2 saturated heterocycles. The van der Waals surface area contributed by atoms with Crippen molar-refractivity contribution in [2.24, 2.45) is 11.5 Å². The minimum Gasteiger partial charge on any atom is -0.446 e. The van der Waals surface area contributed by atoms with Gasteiger partial charge in [0.05, 0.1) is 0 Å². The first-order chi connectivity index (χ1) is 22.4. The highest BCUT2D eigenvalue weighted by Crippen LogP contribution is 2.23. The molecule has 0 spiro atoms. The second-order valence-electron chi connectivity index (χ2n) is 12.7. The molecule has 14 heteroatoms. The number of piperazine rings is 2. The van der Waals surface area contributed by atoms with Gasteiger partial charge in [-0.1, -0.05) is 25.7 Å². The normalized spacial score (nSPS) is 20.8. The zero-order valence-corrected chi connectivity index (χ0v) is 27.9. The quantitative estimate of drug-likeness (QED) is 0.207. The van der Waals surface area contributed by atoms with Crippen LogP contribution >= 0.6 is 0 Å². The van der Waals surface area contributed by atoms with Gasteiger partial charge in [-0.05, 0) is 77.3 Å². The largest absolute Gasteiger partial charge is 0.446 e. The van der Waals surface area contributed by atoms with Crippen LogP contribution in [0.5, 0.6) is 0 Å². The van der Waals surface area contributed by atoms with Crippen molar-refractivity contribution < 1.29 is 28.7 Å². The smallest absolute Gasteiger partial charge is 0.410 e. The van der Waals surface area contributed by atoms with Crippen molar-refractivity contribution >= 4 is 24.2 Å². The van der Waals surface area contributed by atoms with Crippen molar-refractivity contribution in [3.63, 3.8) is 0 Å². The summed E-state index contributed by atoms with van der Waals surface area (Å²) in [5, 5.41) is 5.94. The molecule has 264 valence electrons. The molecule has 46 heavy (non-hydrogen) atoms. The number of nitrogens with zero attached hydrogens (tertiary/aromatic N) is 4. The summed E-state index contributed by atoms with van der Waals surface area (Å²) in [7, 11) is 0. The Bertz CT molecular complexity index is 831. The summed E-state index contributed by atoms with van der Waals surface area (Å²) in [6.45, 7) is 6.52. The molecule has 3 fully saturated rings. The number of urea groups is 2. The fourth-order valence-electron chi connectivity index (χ4n) is 6.15. The highest BCUT2D eigenvalue weighted by atomic mass is 16.6. The lowest BCUT2D eigenvalue weighted by atomic mass is 9.96. The predicted octanol–water partition coefficient (Wildman–Crippen LogP) is 3.04. The van der Waals surface area contributed by atoms with Crippen molar-refractivity contribution in [1.29, 1.82) is 0 Å². The average Bonchev–Trinajstić information content (AvgIpc) is 3.06. The monoisotopic (exact) mass is 652 g/mol. The maximum atomic E-state index is 12.9. The third kappa shape index (κ3) is 13.8. The molecule has 0 aromatic carbocycles. The first kappa shape index (κ1) is 37.5. The van der Waals surface area contributed by atoms with Crippen LogP contribution in [0.4, 0.5) is 19.2 Å². The summed E-state index contributed by atoms with van der Waals surface area (Å²) in [6.07, 6.45) is 11.8. The molecule has 0 aromatic heterocycles. The number of hydrogen-bond donors (Lipinski definition) is 4. The van der Waals surface area contributed by atoms with E-state index in [1.165, 1.54) is 0 Å². The van der Waals surface area contributed by atoms with Gasteiger partial charge in [0.15, 0.2) is 0 Å². The van der Waals surface area contributed by atoms with Crippen molar-refractivity contribution in [2.45, 2.75) is 102 Å². The van der Waals surface area contributed by atoms with Gasteiger partial charge in [-0.3, -0.25) is 0 Å². The van der Waals surface area contributed by atoms with Crippen LogP contribution < -0.4 is 22.1 Å². The van der Waals surface area contributed by atoms with Gasteiger partial charge in [0.25, 0.3) is 0 Å². The topological polar surface area (TPSA) is 176 Å². The van der Waals surface area contributed by atoms with E-state index in [1.807, 2.05) is 0 Å². The van der Waals surface area contributed by atoms with E-state index in [4.69, 9.17) is 20.9 Å². The van der Waals surface area contributed by atoms with Crippen molar-refractivity contribution in [3.8, 4) is 0 Å². The summed E-state index contributed by atoms with van der Waals surface area (Å²) in [4.78, 5) is 57.5. The molecule has 0 atom stereocenters. The molecule has 0 aromatic rings. The third-order valence-corrected chi connectivity index (χ3v) is 9.10. The minimum atomic E-state index is -0.316. The molecule has 6 N–H and O–H groups in total. The standard InChI is InChI=1S/C32H60N8O6/c33-15-5-1-3-7-17-35-29(41)37-19-23-39(24-20-37)31(43)45-27-11-9-13-28(14-10-12-27)46-32(44)40-25-21-38(22-26-40)30(42)36-18-8-4-2-6-16-34/h27-28H,1-26,33-34H2,(H,35,41)(H,36,42). The van der Waals surface area contributed by atoms with Crippen LogP contribution in [0.2, 0.25) is 0 Å². The lowest BCUT2D eigenvalue weighted by molar-refractivity contribution is 0.0197. The van der Waals surface area contributed by atoms with Gasteiger partial charge in [-0.25, -0.2) is 19.2 Å². The molecule has 3 aliphatic rings. The van der Waals surface area contributed by atoms with E-state index < -0.39 is 0 Å². The lowest BCUT2D eigenvalue weighted by Gasteiger charge is -2.36. The van der Waals surface area contributed by atoms with Crippen molar-refractivity contribution in [2.75, 3.05) is 78.5 Å². The second kappa shape index (κ2) is 21.7. The predicted molar refractivity (Wildman–Crippen MR) is 176 cm³/mol. The number of ether oxygens (including phenoxy) is 2. The van der Waals surface area contributed by atoms with Gasteiger partial charge in [0.2, 0.25) is 0 Å². The Labute approximate surface area is 275 Å². The van der Waals surface area contributed by atoms with E-state index in [2.05, 4.69) is 10.6 Å². The van der Waals surface area contributed by atoms with Crippen LogP contribution in [-0.2, 0) is 9.47 Å². The molecule has 1 saturated carbocycles. The van der Waals surface area contributed by atoms with Crippen LogP contribution in [-0.4, -0.2) is 135 Å². The van der Waals surface area contributed by atoms with E-state index in [1.54, 1.807) is 19.6 Å². The number of rotatable bonds is 14. The Morgan fingerprint density at radius 2 is 0.826 bits per heavy atom. The molecule has 0 unspecified atom stereocenters. The molecular formula is C32H60N8O6. The highest BCUT2D eigenvalue weighted by Gasteiger charge is 2.30. The molecular weight excluding hydrogens is 592 g/mol. The number of amides is 6. The van der Waals surface area contributed by atoms with Crippen molar-refractivity contribution in [1.82, 2.24) is 30.2 Å². The minimum absolute atomic E-state index is 0.0763. The third-order valence-electron chi connectivity index (χ3n) is 9.10. The first-order valence-corrected chi connectivity index (χ1v) is 17.8. The fourth-order valence-corrected chi connectivity index (χ4v) is 6.15. The summed E-state index contributed by atoms with van der Waals surface area (Å²) in [5.41, 5.74) is 11.0. The maximum Gasteiger partial charge on any atom is 0.410 e. The van der Waals surface area contributed by atoms with Gasteiger partial charge >= 0.3 is 24.2 Å². The number of nitrogens with one attached hydrogen (secondary N) is 2. The summed E-state index contributed by atoms with van der Waals surface area (Å²) in [6, 6.07) is -0.153. The van der Waals surface area contributed by atoms with E-state index >= 15 is 0 Å². The maximum absolute atomic E-state index is 12.9. The molecule has 2 heterocycles. The van der Waals surface area contributed by atoms with E-state index in [0.29, 0.717) is 78.5 Å². The zero-order valence-electron chi connectivity index (χ0n) is 27.9. The van der Waals surface area contributed by atoms with Crippen LogP contribution in [0, 0.1) is 0 Å². The second-order valence-corrected chi connectivity index (χ2v) is 12.7. The van der Waals surface area contributed by atoms with Gasteiger partial charge in [-0.15, -0.1) is 0 Å². The van der Waals surface area contributed by atoms with Gasteiger partial charge in [-0.2, -0.15) is 0 Å². The summed E-state index contributed by atoms with van der Waals surface area (Å²) < 4.78 is 11.7. The van der Waals surface area contributed by atoms with Crippen LogP contribution in [0.25, 0.3) is 0 Å². The van der Waals surface area contributed by atoms with E-state index in [-0.39, 0.29) is 36.5 Å². The molecule has 0 bridgehead atoms. The van der Waals surface area contributed by atoms with Crippen LogP contribution in [0.1, 0.15) is 89.9 Å². The fraction of sp³-hybridized carbons (Fsp3) is 0.875. The number of unbranched alkanes of at least 4 members (excludes halogenated alkanes) is 6. The molecule has 6 amide bonds. The molecule has 14 nitrogen and oxygen atoms in total. The Balaban J connectivity index is 1.25. The Hall–Kier alpha value is -3.00. The molecule has 3 rings (SSSR count). The van der Waals surface area contributed by atoms with Crippen LogP contribution in [0.3, 0.4) is 0 Å². The zero-order chi connectivity index (χ0) is 33.0. The van der Waals surface area contributed by atoms with E-state index in [9.17, 15) is 19.2 Å². The highest BCUT2D eigenvalue weighted by molar-refractivity contribution is 5.75. The Morgan fingerprint density at radius 3 is 1.17 bits per heavy atom. The summed E-state index contributed by atoms with van der Waals surface area (Å²) >= 11 is 0. The molecule has 2 aliphatic heterocycles.